The Labute approximate surface area is 204 Å². The minimum Gasteiger partial charge on any atom is -0.303 e. The molecule has 0 aliphatic rings. The molecule has 0 saturated carbocycles. The summed E-state index contributed by atoms with van der Waals surface area (Å²) < 4.78 is 0. The Morgan fingerprint density at radius 2 is 0.969 bits per heavy atom. The largest absolute Gasteiger partial charge is 0.303 e. The molecule has 0 amide bonds. The van der Waals surface area contributed by atoms with E-state index in [9.17, 15) is 0 Å². The number of rotatable bonds is 27. The minimum atomic E-state index is 1.19. The molecule has 32 heavy (non-hydrogen) atoms. The van der Waals surface area contributed by atoms with Crippen molar-refractivity contribution in [2.24, 2.45) is 0 Å². The molecule has 0 saturated heterocycles. The van der Waals surface area contributed by atoms with E-state index in [0.717, 1.165) is 0 Å². The first kappa shape index (κ1) is 31.4. The van der Waals surface area contributed by atoms with Crippen LogP contribution in [0.2, 0.25) is 0 Å². The Morgan fingerprint density at radius 1 is 0.531 bits per heavy atom. The smallest absolute Gasteiger partial charge is 0.00187 e. The molecule has 0 aromatic heterocycles. The number of hydrogen-bond donors (Lipinski definition) is 0. The Balaban J connectivity index is 3.48. The third-order valence-corrected chi connectivity index (χ3v) is 6.81. The number of unbranched alkanes of at least 4 members (excludes halogenated alkanes) is 16. The molecule has 1 nitrogen and oxygen atoms in total. The first-order valence-corrected chi connectivity index (χ1v) is 14.7. The van der Waals surface area contributed by atoms with Gasteiger partial charge in [-0.05, 0) is 77.4 Å². The molecule has 0 atom stereocenters. The van der Waals surface area contributed by atoms with Crippen LogP contribution in [0.15, 0.2) is 24.8 Å². The van der Waals surface area contributed by atoms with E-state index in [1.54, 1.807) is 0 Å². The van der Waals surface area contributed by atoms with Gasteiger partial charge in [-0.25, -0.2) is 0 Å². The van der Waals surface area contributed by atoms with Crippen molar-refractivity contribution < 1.29 is 0 Å². The van der Waals surface area contributed by atoms with Gasteiger partial charge in [-0.15, -0.1) is 6.58 Å². The topological polar surface area (TPSA) is 3.24 Å². The zero-order valence-electron chi connectivity index (χ0n) is 22.6. The van der Waals surface area contributed by atoms with Gasteiger partial charge in [0.25, 0.3) is 0 Å². The lowest BCUT2D eigenvalue weighted by Gasteiger charge is -2.21. The lowest BCUT2D eigenvalue weighted by molar-refractivity contribution is 0.260. The van der Waals surface area contributed by atoms with Gasteiger partial charge >= 0.3 is 0 Å². The molecule has 0 unspecified atom stereocenters. The molecule has 190 valence electrons. The maximum Gasteiger partial charge on any atom is -0.00187 e. The fourth-order valence-electron chi connectivity index (χ4n) is 4.68. The van der Waals surface area contributed by atoms with E-state index in [-0.39, 0.29) is 0 Å². The fourth-order valence-corrected chi connectivity index (χ4v) is 4.68. The van der Waals surface area contributed by atoms with Crippen molar-refractivity contribution in [1.29, 1.82) is 0 Å². The van der Waals surface area contributed by atoms with Crippen molar-refractivity contribution in [3.05, 3.63) is 24.8 Å². The quantitative estimate of drug-likeness (QED) is 0.0893. The molecule has 0 aromatic carbocycles. The van der Waals surface area contributed by atoms with Crippen LogP contribution in [0.3, 0.4) is 0 Å². The highest BCUT2D eigenvalue weighted by molar-refractivity contribution is 4.93. The second-order valence-electron chi connectivity index (χ2n) is 10.2. The summed E-state index contributed by atoms with van der Waals surface area (Å²) in [6.07, 6.45) is 32.3. The summed E-state index contributed by atoms with van der Waals surface area (Å²) in [5.41, 5.74) is 1.51. The molecule has 0 aromatic rings. The molecule has 0 heterocycles. The number of hydrogen-bond acceptors (Lipinski definition) is 1. The van der Waals surface area contributed by atoms with Gasteiger partial charge in [0, 0.05) is 0 Å². The molecule has 0 fully saturated rings. The lowest BCUT2D eigenvalue weighted by atomic mass is 10.0. The van der Waals surface area contributed by atoms with E-state index in [4.69, 9.17) is 0 Å². The van der Waals surface area contributed by atoms with Gasteiger partial charge in [0.15, 0.2) is 0 Å². The first-order chi connectivity index (χ1) is 15.7. The van der Waals surface area contributed by atoms with Gasteiger partial charge in [0.1, 0.15) is 0 Å². The van der Waals surface area contributed by atoms with Crippen LogP contribution in [-0.2, 0) is 0 Å². The van der Waals surface area contributed by atoms with Crippen LogP contribution in [0.4, 0.5) is 0 Å². The lowest BCUT2D eigenvalue weighted by Crippen LogP contribution is -2.27. The maximum absolute atomic E-state index is 4.34. The third-order valence-electron chi connectivity index (χ3n) is 6.81. The predicted molar refractivity (Wildman–Crippen MR) is 149 cm³/mol. The van der Waals surface area contributed by atoms with E-state index in [1.165, 1.54) is 166 Å². The van der Waals surface area contributed by atoms with Crippen molar-refractivity contribution in [1.82, 2.24) is 4.90 Å². The van der Waals surface area contributed by atoms with Crippen LogP contribution in [0.5, 0.6) is 0 Å². The van der Waals surface area contributed by atoms with E-state index >= 15 is 0 Å². The highest BCUT2D eigenvalue weighted by Gasteiger charge is 2.04. The molecule has 0 radical (unpaired) electrons. The Morgan fingerprint density at radius 3 is 1.44 bits per heavy atom. The highest BCUT2D eigenvalue weighted by atomic mass is 15.1. The molecule has 0 N–H and O–H groups in total. The van der Waals surface area contributed by atoms with Gasteiger partial charge in [-0.2, -0.15) is 0 Å². The minimum absolute atomic E-state index is 1.19. The zero-order chi connectivity index (χ0) is 23.5. The van der Waals surface area contributed by atoms with Gasteiger partial charge < -0.3 is 4.90 Å². The summed E-state index contributed by atoms with van der Waals surface area (Å²) in [6, 6.07) is 0. The van der Waals surface area contributed by atoms with Crippen LogP contribution in [0, 0.1) is 0 Å². The molecule has 0 aliphatic heterocycles. The Bertz CT molecular complexity index is 386. The van der Waals surface area contributed by atoms with Gasteiger partial charge in [-0.3, -0.25) is 0 Å². The van der Waals surface area contributed by atoms with Crippen LogP contribution < -0.4 is 0 Å². The summed E-state index contributed by atoms with van der Waals surface area (Å²) in [6.45, 7) is 16.7. The fraction of sp³-hybridized carbons (Fsp3) is 0.871. The normalized spacial score (nSPS) is 11.3. The van der Waals surface area contributed by atoms with Crippen molar-refractivity contribution in [2.45, 2.75) is 155 Å². The second kappa shape index (κ2) is 26.7. The number of nitrogens with zero attached hydrogens (tertiary/aromatic N) is 1. The third kappa shape index (κ3) is 24.1. The van der Waals surface area contributed by atoms with E-state index in [0.29, 0.717) is 0 Å². The predicted octanol–water partition coefficient (Wildman–Crippen LogP) is 10.7. The van der Waals surface area contributed by atoms with Crippen molar-refractivity contribution in [2.75, 3.05) is 19.6 Å². The monoisotopic (exact) mass is 447 g/mol. The molecule has 0 bridgehead atoms. The van der Waals surface area contributed by atoms with E-state index in [2.05, 4.69) is 38.0 Å². The van der Waals surface area contributed by atoms with Gasteiger partial charge in [0.2, 0.25) is 0 Å². The Hall–Kier alpha value is -0.560. The first-order valence-electron chi connectivity index (χ1n) is 14.7. The van der Waals surface area contributed by atoms with Crippen molar-refractivity contribution in [3.63, 3.8) is 0 Å². The van der Waals surface area contributed by atoms with Gasteiger partial charge in [0.05, 0.1) is 0 Å². The Kier molecular flexibility index (Phi) is 26.2. The zero-order valence-corrected chi connectivity index (χ0v) is 22.6. The average molecular weight is 448 g/mol. The summed E-state index contributed by atoms with van der Waals surface area (Å²) in [4.78, 5) is 2.72. The molecule has 0 aliphatic carbocycles. The molecule has 0 spiro atoms. The summed E-state index contributed by atoms with van der Waals surface area (Å²) in [5, 5.41) is 0. The van der Waals surface area contributed by atoms with Crippen LogP contribution in [-0.4, -0.2) is 24.5 Å². The molecule has 1 heteroatoms. The van der Waals surface area contributed by atoms with E-state index in [1.807, 2.05) is 0 Å². The summed E-state index contributed by atoms with van der Waals surface area (Å²) in [7, 11) is 0. The van der Waals surface area contributed by atoms with E-state index < -0.39 is 0 Å². The van der Waals surface area contributed by atoms with Crippen LogP contribution >= 0.6 is 0 Å². The van der Waals surface area contributed by atoms with Crippen molar-refractivity contribution in [3.8, 4) is 0 Å². The van der Waals surface area contributed by atoms with Crippen LogP contribution in [0.1, 0.15) is 155 Å². The highest BCUT2D eigenvalue weighted by Crippen LogP contribution is 2.17. The van der Waals surface area contributed by atoms with Gasteiger partial charge in [-0.1, -0.05) is 116 Å². The number of allylic oxidation sites excluding steroid dienone is 2. The standard InChI is InChI=1S/C31H61N/c1-5-8-10-12-14-15-18-22-26-31(4)27-23-19-17-21-25-30-32(28-7-3)29-24-20-16-13-11-9-6-2/h6H,2,4-5,7-30H2,1,3H3. The van der Waals surface area contributed by atoms with Crippen LogP contribution in [0.25, 0.3) is 0 Å². The maximum atomic E-state index is 4.34. The SMILES string of the molecule is C=CCCCCCCCN(CCC)CCCCCCCC(=C)CCCCCCCCCC. The second-order valence-corrected chi connectivity index (χ2v) is 10.2. The molecule has 0 rings (SSSR count). The van der Waals surface area contributed by atoms with Crippen molar-refractivity contribution >= 4 is 0 Å². The summed E-state index contributed by atoms with van der Waals surface area (Å²) >= 11 is 0. The summed E-state index contributed by atoms with van der Waals surface area (Å²) in [5.74, 6) is 0. The molecular weight excluding hydrogens is 386 g/mol. The average Bonchev–Trinajstić information content (AvgIpc) is 2.79. The molecular formula is C31H61N.